The third-order valence-corrected chi connectivity index (χ3v) is 6.77. The van der Waals surface area contributed by atoms with Crippen LogP contribution in [-0.4, -0.2) is 26.5 Å². The number of ether oxygens (including phenoxy) is 1. The number of nitrogens with zero attached hydrogens (tertiary/aromatic N) is 1. The minimum Gasteiger partial charge on any atom is -0.464 e. The highest BCUT2D eigenvalue weighted by Crippen LogP contribution is 2.26. The molecule has 0 aliphatic heterocycles. The van der Waals surface area contributed by atoms with Gasteiger partial charge in [-0.25, -0.2) is 22.9 Å². The molecule has 2 aromatic rings. The Kier molecular flexibility index (Phi) is 4.77. The predicted octanol–water partition coefficient (Wildman–Crippen LogP) is 2.34. The summed E-state index contributed by atoms with van der Waals surface area (Å²) in [6.07, 6.45) is 0. The van der Waals surface area contributed by atoms with Crippen LogP contribution in [0.15, 0.2) is 21.9 Å². The van der Waals surface area contributed by atoms with Crippen LogP contribution in [0, 0.1) is 6.92 Å². The minimum atomic E-state index is -3.83. The molecule has 0 fully saturated rings. The van der Waals surface area contributed by atoms with Crippen molar-refractivity contribution in [1.29, 1.82) is 0 Å². The molecular formula is C12H14N2O4S3. The Hall–Kier alpha value is -1.29. The first-order valence-electron chi connectivity index (χ1n) is 5.95. The number of aryl methyl sites for hydroxylation is 1. The number of hydrogen-bond acceptors (Lipinski definition) is 7. The van der Waals surface area contributed by atoms with Crippen LogP contribution in [-0.2, 0) is 14.8 Å². The van der Waals surface area contributed by atoms with Crippen LogP contribution in [0.25, 0.3) is 0 Å². The molecule has 1 unspecified atom stereocenters. The van der Waals surface area contributed by atoms with E-state index in [1.165, 1.54) is 24.0 Å². The fourth-order valence-corrected chi connectivity index (χ4v) is 5.02. The second-order valence-electron chi connectivity index (χ2n) is 4.27. The molecule has 0 amide bonds. The van der Waals surface area contributed by atoms with Gasteiger partial charge in [-0.2, -0.15) is 0 Å². The summed E-state index contributed by atoms with van der Waals surface area (Å²) in [6, 6.07) is 3.42. The molecule has 9 heteroatoms. The quantitative estimate of drug-likeness (QED) is 0.840. The number of thiazole rings is 1. The normalized spacial score (nSPS) is 13.1. The molecule has 2 heterocycles. The van der Waals surface area contributed by atoms with Gasteiger partial charge in [0.2, 0.25) is 0 Å². The van der Waals surface area contributed by atoms with Crippen molar-refractivity contribution >= 4 is 38.7 Å². The Morgan fingerprint density at radius 2 is 2.14 bits per heavy atom. The number of nitrogens with one attached hydrogen (secondary N) is 1. The van der Waals surface area contributed by atoms with E-state index in [1.807, 2.05) is 19.1 Å². The SMILES string of the molecule is COC(=O)c1ncsc1S(=O)(=O)NC(C)c1ccc(C)s1. The topological polar surface area (TPSA) is 85.4 Å². The molecule has 0 spiro atoms. The van der Waals surface area contributed by atoms with E-state index < -0.39 is 16.0 Å². The number of carbonyl (C=O) groups excluding carboxylic acids is 1. The molecule has 0 aromatic carbocycles. The molecule has 114 valence electrons. The van der Waals surface area contributed by atoms with Crippen molar-refractivity contribution in [2.45, 2.75) is 24.1 Å². The molecule has 0 radical (unpaired) electrons. The predicted molar refractivity (Wildman–Crippen MR) is 81.2 cm³/mol. The van der Waals surface area contributed by atoms with Gasteiger partial charge in [0.15, 0.2) is 9.90 Å². The van der Waals surface area contributed by atoms with E-state index >= 15 is 0 Å². The third kappa shape index (κ3) is 3.49. The van der Waals surface area contributed by atoms with Crippen molar-refractivity contribution in [1.82, 2.24) is 9.71 Å². The van der Waals surface area contributed by atoms with Crippen molar-refractivity contribution in [3.63, 3.8) is 0 Å². The van der Waals surface area contributed by atoms with Gasteiger partial charge in [0, 0.05) is 9.75 Å². The molecule has 0 bridgehead atoms. The van der Waals surface area contributed by atoms with Crippen LogP contribution in [0.3, 0.4) is 0 Å². The minimum absolute atomic E-state index is 0.130. The van der Waals surface area contributed by atoms with E-state index in [2.05, 4.69) is 14.4 Å². The average Bonchev–Trinajstić information content (AvgIpc) is 3.05. The maximum atomic E-state index is 12.4. The molecule has 1 atom stereocenters. The maximum Gasteiger partial charge on any atom is 0.358 e. The van der Waals surface area contributed by atoms with Crippen LogP contribution in [0.4, 0.5) is 0 Å². The van der Waals surface area contributed by atoms with Crippen LogP contribution < -0.4 is 4.72 Å². The number of sulfonamides is 1. The van der Waals surface area contributed by atoms with E-state index in [4.69, 9.17) is 0 Å². The zero-order chi connectivity index (χ0) is 15.6. The number of aromatic nitrogens is 1. The summed E-state index contributed by atoms with van der Waals surface area (Å²) in [7, 11) is -2.65. The van der Waals surface area contributed by atoms with Gasteiger partial charge in [-0.3, -0.25) is 0 Å². The zero-order valence-electron chi connectivity index (χ0n) is 11.6. The van der Waals surface area contributed by atoms with Gasteiger partial charge in [0.25, 0.3) is 10.0 Å². The van der Waals surface area contributed by atoms with Crippen molar-refractivity contribution in [3.8, 4) is 0 Å². The summed E-state index contributed by atoms with van der Waals surface area (Å²) >= 11 is 2.40. The molecule has 0 aliphatic carbocycles. The summed E-state index contributed by atoms with van der Waals surface area (Å²) in [5.74, 6) is -0.767. The highest BCUT2D eigenvalue weighted by atomic mass is 32.2. The summed E-state index contributed by atoms with van der Waals surface area (Å²) in [6.45, 7) is 3.70. The second kappa shape index (κ2) is 6.22. The Labute approximate surface area is 130 Å². The highest BCUT2D eigenvalue weighted by Gasteiger charge is 2.28. The lowest BCUT2D eigenvalue weighted by Gasteiger charge is -2.12. The van der Waals surface area contributed by atoms with E-state index in [0.717, 1.165) is 21.1 Å². The molecule has 2 aromatic heterocycles. The molecule has 2 rings (SSSR count). The zero-order valence-corrected chi connectivity index (χ0v) is 14.1. The average molecular weight is 346 g/mol. The Morgan fingerprint density at radius 3 is 2.71 bits per heavy atom. The first-order chi connectivity index (χ1) is 9.85. The highest BCUT2D eigenvalue weighted by molar-refractivity contribution is 7.91. The molecule has 0 aliphatic rings. The summed E-state index contributed by atoms with van der Waals surface area (Å²) in [5.41, 5.74) is 1.12. The van der Waals surface area contributed by atoms with Gasteiger partial charge in [-0.15, -0.1) is 22.7 Å². The number of esters is 1. The first kappa shape index (κ1) is 16.1. The number of carbonyl (C=O) groups is 1. The number of hydrogen-bond donors (Lipinski definition) is 1. The lowest BCUT2D eigenvalue weighted by atomic mass is 10.3. The van der Waals surface area contributed by atoms with Gasteiger partial charge in [0.1, 0.15) is 0 Å². The Bertz CT molecular complexity index is 748. The molecule has 0 saturated heterocycles. The fraction of sp³-hybridized carbons (Fsp3) is 0.333. The molecule has 6 nitrogen and oxygen atoms in total. The summed E-state index contributed by atoms with van der Waals surface area (Å²) < 4.78 is 31.7. The lowest BCUT2D eigenvalue weighted by molar-refractivity contribution is 0.0590. The standard InChI is InChI=1S/C12H14N2O4S3/c1-7-4-5-9(20-7)8(2)14-21(16,17)12-10(11(15)18-3)13-6-19-12/h4-6,8,14H,1-3H3. The van der Waals surface area contributed by atoms with E-state index in [1.54, 1.807) is 6.92 Å². The van der Waals surface area contributed by atoms with Crippen molar-refractivity contribution in [3.05, 3.63) is 33.1 Å². The van der Waals surface area contributed by atoms with Gasteiger partial charge in [-0.1, -0.05) is 0 Å². The van der Waals surface area contributed by atoms with Gasteiger partial charge in [-0.05, 0) is 26.0 Å². The molecular weight excluding hydrogens is 332 g/mol. The lowest BCUT2D eigenvalue weighted by Crippen LogP contribution is -2.27. The molecule has 1 N–H and O–H groups in total. The van der Waals surface area contributed by atoms with Gasteiger partial charge >= 0.3 is 5.97 Å². The number of methoxy groups -OCH3 is 1. The van der Waals surface area contributed by atoms with Crippen molar-refractivity contribution in [2.75, 3.05) is 7.11 Å². The summed E-state index contributed by atoms with van der Waals surface area (Å²) in [4.78, 5) is 17.3. The number of thiophene rings is 1. The van der Waals surface area contributed by atoms with Crippen LogP contribution in [0.2, 0.25) is 0 Å². The smallest absolute Gasteiger partial charge is 0.358 e. The first-order valence-corrected chi connectivity index (χ1v) is 9.13. The third-order valence-electron chi connectivity index (χ3n) is 2.68. The maximum absolute atomic E-state index is 12.4. The second-order valence-corrected chi connectivity index (χ2v) is 8.35. The van der Waals surface area contributed by atoms with Crippen molar-refractivity contribution in [2.24, 2.45) is 0 Å². The monoisotopic (exact) mass is 346 g/mol. The Morgan fingerprint density at radius 1 is 1.43 bits per heavy atom. The van der Waals surface area contributed by atoms with Crippen molar-refractivity contribution < 1.29 is 17.9 Å². The fourth-order valence-electron chi connectivity index (χ4n) is 1.69. The largest absolute Gasteiger partial charge is 0.464 e. The molecule has 21 heavy (non-hydrogen) atoms. The van der Waals surface area contributed by atoms with Crippen LogP contribution in [0.1, 0.15) is 33.2 Å². The van der Waals surface area contributed by atoms with Crippen LogP contribution >= 0.6 is 22.7 Å². The van der Waals surface area contributed by atoms with E-state index in [-0.39, 0.29) is 15.9 Å². The van der Waals surface area contributed by atoms with E-state index in [9.17, 15) is 13.2 Å². The number of rotatable bonds is 5. The van der Waals surface area contributed by atoms with Gasteiger partial charge in [0.05, 0.1) is 18.7 Å². The Balaban J connectivity index is 2.27. The van der Waals surface area contributed by atoms with E-state index in [0.29, 0.717) is 0 Å². The summed E-state index contributed by atoms with van der Waals surface area (Å²) in [5, 5.41) is 0. The molecule has 0 saturated carbocycles. The van der Waals surface area contributed by atoms with Gasteiger partial charge < -0.3 is 4.74 Å². The van der Waals surface area contributed by atoms with Crippen LogP contribution in [0.5, 0.6) is 0 Å².